The summed E-state index contributed by atoms with van der Waals surface area (Å²) in [4.78, 5) is 33.1. The molecule has 0 radical (unpaired) electrons. The van der Waals surface area contributed by atoms with E-state index in [0.29, 0.717) is 12.2 Å². The fourth-order valence-electron chi connectivity index (χ4n) is 3.33. The van der Waals surface area contributed by atoms with Crippen molar-refractivity contribution in [1.82, 2.24) is 24.5 Å². The van der Waals surface area contributed by atoms with Crippen LogP contribution in [0.25, 0.3) is 16.6 Å². The Bertz CT molecular complexity index is 1190. The monoisotopic (exact) mass is 361 g/mol. The van der Waals surface area contributed by atoms with Gasteiger partial charge < -0.3 is 5.32 Å². The Morgan fingerprint density at radius 2 is 1.96 bits per heavy atom. The quantitative estimate of drug-likeness (QED) is 0.604. The predicted octanol–water partition coefficient (Wildman–Crippen LogP) is 2.23. The number of pyridine rings is 1. The second kappa shape index (κ2) is 6.68. The van der Waals surface area contributed by atoms with Gasteiger partial charge in [-0.1, -0.05) is 18.2 Å². The number of fused-ring (bicyclic) bond motifs is 3. The third-order valence-electron chi connectivity index (χ3n) is 4.61. The Hall–Kier alpha value is -3.48. The van der Waals surface area contributed by atoms with Gasteiger partial charge in [-0.25, -0.2) is 4.52 Å². The van der Waals surface area contributed by atoms with E-state index in [9.17, 15) is 9.59 Å². The Balaban J connectivity index is 1.77. The molecule has 27 heavy (non-hydrogen) atoms. The van der Waals surface area contributed by atoms with Crippen LogP contribution in [-0.4, -0.2) is 25.1 Å². The van der Waals surface area contributed by atoms with Crippen LogP contribution in [0.5, 0.6) is 0 Å². The maximum atomic E-state index is 12.8. The van der Waals surface area contributed by atoms with E-state index in [0.717, 1.165) is 22.3 Å². The smallest absolute Gasteiger partial charge is 0.273 e. The first-order chi connectivity index (χ1) is 13.1. The average Bonchev–Trinajstić information content (AvgIpc) is 3.01. The summed E-state index contributed by atoms with van der Waals surface area (Å²) in [6, 6.07) is 14.2. The Labute approximate surface area is 155 Å². The third kappa shape index (κ3) is 2.97. The van der Waals surface area contributed by atoms with Crippen molar-refractivity contribution in [2.45, 2.75) is 26.4 Å². The van der Waals surface area contributed by atoms with Crippen molar-refractivity contribution in [3.63, 3.8) is 0 Å². The Kier molecular flexibility index (Phi) is 4.19. The number of aryl methyl sites for hydroxylation is 1. The molecule has 3 aromatic heterocycles. The number of carbonyl (C=O) groups excluding carboxylic acids is 1. The SMILES string of the molecule is Cc1cc(=O)nc2c3ccccc3n([C@@H](C)C(=O)NCc3ccccn3)n12. The van der Waals surface area contributed by atoms with Crippen LogP contribution in [0.2, 0.25) is 0 Å². The molecule has 0 saturated carbocycles. The summed E-state index contributed by atoms with van der Waals surface area (Å²) in [5.41, 5.74) is 2.63. The molecule has 0 fully saturated rings. The van der Waals surface area contributed by atoms with Crippen molar-refractivity contribution in [3.05, 3.63) is 76.5 Å². The van der Waals surface area contributed by atoms with E-state index in [1.807, 2.05) is 65.5 Å². The number of nitrogens with zero attached hydrogens (tertiary/aromatic N) is 4. The van der Waals surface area contributed by atoms with Gasteiger partial charge in [-0.05, 0) is 38.1 Å². The second-order valence-corrected chi connectivity index (χ2v) is 6.45. The lowest BCUT2D eigenvalue weighted by molar-refractivity contribution is -0.124. The van der Waals surface area contributed by atoms with Crippen molar-refractivity contribution >= 4 is 22.5 Å². The highest BCUT2D eigenvalue weighted by molar-refractivity contribution is 5.94. The van der Waals surface area contributed by atoms with Gasteiger partial charge in [-0.3, -0.25) is 19.3 Å². The summed E-state index contributed by atoms with van der Waals surface area (Å²) in [6.45, 7) is 4.02. The van der Waals surface area contributed by atoms with Crippen molar-refractivity contribution in [2.75, 3.05) is 0 Å². The van der Waals surface area contributed by atoms with Gasteiger partial charge in [-0.15, -0.1) is 0 Å². The van der Waals surface area contributed by atoms with Crippen LogP contribution in [0.3, 0.4) is 0 Å². The van der Waals surface area contributed by atoms with Gasteiger partial charge in [0.1, 0.15) is 6.04 Å². The number of rotatable bonds is 4. The van der Waals surface area contributed by atoms with E-state index in [2.05, 4.69) is 15.3 Å². The predicted molar refractivity (Wildman–Crippen MR) is 102 cm³/mol. The Morgan fingerprint density at radius 1 is 1.19 bits per heavy atom. The molecule has 3 heterocycles. The summed E-state index contributed by atoms with van der Waals surface area (Å²) in [6.07, 6.45) is 1.70. The molecule has 7 heteroatoms. The molecule has 0 aliphatic rings. The van der Waals surface area contributed by atoms with Gasteiger partial charge in [0, 0.05) is 23.3 Å². The minimum absolute atomic E-state index is 0.138. The number of aromatic nitrogens is 4. The molecule has 0 unspecified atom stereocenters. The van der Waals surface area contributed by atoms with Crippen LogP contribution in [0.15, 0.2) is 59.5 Å². The molecule has 1 aromatic carbocycles. The summed E-state index contributed by atoms with van der Waals surface area (Å²) < 4.78 is 3.71. The number of carbonyl (C=O) groups is 1. The molecule has 1 amide bonds. The van der Waals surface area contributed by atoms with Crippen LogP contribution in [-0.2, 0) is 11.3 Å². The number of amides is 1. The minimum atomic E-state index is -0.501. The average molecular weight is 361 g/mol. The van der Waals surface area contributed by atoms with Crippen molar-refractivity contribution in [1.29, 1.82) is 0 Å². The van der Waals surface area contributed by atoms with Gasteiger partial charge in [-0.2, -0.15) is 4.98 Å². The lowest BCUT2D eigenvalue weighted by atomic mass is 10.2. The third-order valence-corrected chi connectivity index (χ3v) is 4.61. The zero-order valence-electron chi connectivity index (χ0n) is 15.1. The first kappa shape index (κ1) is 17.0. The van der Waals surface area contributed by atoms with E-state index < -0.39 is 6.04 Å². The molecule has 4 aromatic rings. The highest BCUT2D eigenvalue weighted by atomic mass is 16.2. The summed E-state index contributed by atoms with van der Waals surface area (Å²) in [7, 11) is 0. The number of nitrogens with one attached hydrogen (secondary N) is 1. The second-order valence-electron chi connectivity index (χ2n) is 6.45. The van der Waals surface area contributed by atoms with Crippen LogP contribution >= 0.6 is 0 Å². The lowest BCUT2D eigenvalue weighted by Gasteiger charge is -2.18. The van der Waals surface area contributed by atoms with Crippen molar-refractivity contribution in [2.24, 2.45) is 0 Å². The molecule has 7 nitrogen and oxygen atoms in total. The maximum Gasteiger partial charge on any atom is 0.273 e. The van der Waals surface area contributed by atoms with Gasteiger partial charge in [0.05, 0.1) is 17.8 Å². The zero-order valence-corrected chi connectivity index (χ0v) is 15.1. The minimum Gasteiger partial charge on any atom is -0.349 e. The summed E-state index contributed by atoms with van der Waals surface area (Å²) in [5.74, 6) is -0.138. The van der Waals surface area contributed by atoms with Crippen LogP contribution in [0.4, 0.5) is 0 Å². The highest BCUT2D eigenvalue weighted by Crippen LogP contribution is 2.24. The van der Waals surface area contributed by atoms with Crippen LogP contribution in [0.1, 0.15) is 24.4 Å². The molecule has 0 bridgehead atoms. The summed E-state index contributed by atoms with van der Waals surface area (Å²) >= 11 is 0. The number of para-hydroxylation sites is 1. The van der Waals surface area contributed by atoms with E-state index in [4.69, 9.17) is 0 Å². The first-order valence-electron chi connectivity index (χ1n) is 8.73. The molecular formula is C20H19N5O2. The van der Waals surface area contributed by atoms with E-state index in [1.54, 1.807) is 6.20 Å². The highest BCUT2D eigenvalue weighted by Gasteiger charge is 2.22. The topological polar surface area (TPSA) is 81.3 Å². The van der Waals surface area contributed by atoms with Gasteiger partial charge >= 0.3 is 0 Å². The molecule has 1 atom stereocenters. The molecule has 136 valence electrons. The van der Waals surface area contributed by atoms with E-state index in [1.165, 1.54) is 6.07 Å². The van der Waals surface area contributed by atoms with E-state index in [-0.39, 0.29) is 11.5 Å². The maximum absolute atomic E-state index is 12.8. The molecule has 0 aliphatic carbocycles. The van der Waals surface area contributed by atoms with Gasteiger partial charge in [0.25, 0.3) is 5.56 Å². The van der Waals surface area contributed by atoms with Crippen LogP contribution in [0, 0.1) is 6.92 Å². The first-order valence-corrected chi connectivity index (χ1v) is 8.73. The molecular weight excluding hydrogens is 342 g/mol. The normalized spacial score (nSPS) is 12.4. The lowest BCUT2D eigenvalue weighted by Crippen LogP contribution is -2.32. The number of benzene rings is 1. The van der Waals surface area contributed by atoms with Crippen molar-refractivity contribution < 1.29 is 4.79 Å². The van der Waals surface area contributed by atoms with Crippen LogP contribution < -0.4 is 10.9 Å². The Morgan fingerprint density at radius 3 is 2.74 bits per heavy atom. The molecule has 1 N–H and O–H groups in total. The standard InChI is InChI=1S/C20H19N5O2/c1-13-11-18(26)23-19-16-8-3-4-9-17(16)25(24(13)19)14(2)20(27)22-12-15-7-5-6-10-21-15/h3-11,14H,12H2,1-2H3,(H,22,27)/t14-/m0/s1. The largest absolute Gasteiger partial charge is 0.349 e. The zero-order chi connectivity index (χ0) is 19.0. The van der Waals surface area contributed by atoms with Gasteiger partial charge in [0.15, 0.2) is 5.65 Å². The van der Waals surface area contributed by atoms with E-state index >= 15 is 0 Å². The number of hydrogen-bond donors (Lipinski definition) is 1. The summed E-state index contributed by atoms with van der Waals surface area (Å²) in [5, 5.41) is 3.77. The molecule has 0 spiro atoms. The molecule has 0 aliphatic heterocycles. The van der Waals surface area contributed by atoms with Crippen molar-refractivity contribution in [3.8, 4) is 0 Å². The van der Waals surface area contributed by atoms with Gasteiger partial charge in [0.2, 0.25) is 5.91 Å². The molecule has 0 saturated heterocycles. The fourth-order valence-corrected chi connectivity index (χ4v) is 3.33. The molecule has 4 rings (SSSR count). The number of hydrogen-bond acceptors (Lipinski definition) is 4. The fraction of sp³-hybridized carbons (Fsp3) is 0.200.